The van der Waals surface area contributed by atoms with Gasteiger partial charge >= 0.3 is 0 Å². The molecule has 0 radical (unpaired) electrons. The minimum atomic E-state index is 0.961. The number of hydrogen-bond acceptors (Lipinski definition) is 2. The Morgan fingerprint density at radius 1 is 1.07 bits per heavy atom. The summed E-state index contributed by atoms with van der Waals surface area (Å²) in [5.41, 5.74) is 0.961. The van der Waals surface area contributed by atoms with Gasteiger partial charge in [-0.15, -0.1) is 0 Å². The van der Waals surface area contributed by atoms with Gasteiger partial charge in [0.2, 0.25) is 0 Å². The first-order valence-corrected chi connectivity index (χ1v) is 6.70. The third-order valence-electron chi connectivity index (χ3n) is 2.82. The molecule has 3 heteroatoms. The highest BCUT2D eigenvalue weighted by atomic mass is 32.2. The highest BCUT2D eigenvalue weighted by Gasteiger charge is 2.22. The summed E-state index contributed by atoms with van der Waals surface area (Å²) >= 11 is 1.41. The van der Waals surface area contributed by atoms with E-state index in [1.165, 1.54) is 48.7 Å². The maximum absolute atomic E-state index is 10.3. The lowest BCUT2D eigenvalue weighted by molar-refractivity contribution is -0.924. The van der Waals surface area contributed by atoms with Crippen LogP contribution in [0.5, 0.6) is 0 Å². The summed E-state index contributed by atoms with van der Waals surface area (Å²) in [6, 6.07) is 0. The molecule has 0 saturated carbocycles. The van der Waals surface area contributed by atoms with E-state index in [1.54, 1.807) is 0 Å². The van der Waals surface area contributed by atoms with Gasteiger partial charge in [-0.1, -0.05) is 25.6 Å². The van der Waals surface area contributed by atoms with E-state index < -0.39 is 0 Å². The van der Waals surface area contributed by atoms with Crippen LogP contribution in [0.3, 0.4) is 0 Å². The molecular formula is C11H24NOS+. The van der Waals surface area contributed by atoms with Gasteiger partial charge in [-0.05, 0) is 19.8 Å². The molecule has 0 aromatic heterocycles. The van der Waals surface area contributed by atoms with E-state index in [2.05, 4.69) is 20.8 Å². The normalized spacial score (nSPS) is 11.6. The fourth-order valence-electron chi connectivity index (χ4n) is 2.05. The summed E-state index contributed by atoms with van der Waals surface area (Å²) in [6.07, 6.45) is 2.47. The van der Waals surface area contributed by atoms with Crippen LogP contribution in [0.1, 0.15) is 33.6 Å². The minimum Gasteiger partial charge on any atom is -0.323 e. The zero-order valence-electron chi connectivity index (χ0n) is 9.79. The van der Waals surface area contributed by atoms with Crippen molar-refractivity contribution in [2.45, 2.75) is 33.6 Å². The van der Waals surface area contributed by atoms with Crippen molar-refractivity contribution in [3.8, 4) is 0 Å². The number of hydrogen-bond donors (Lipinski definition) is 0. The lowest BCUT2D eigenvalue weighted by atomic mass is 10.2. The van der Waals surface area contributed by atoms with Crippen LogP contribution in [0.15, 0.2) is 0 Å². The van der Waals surface area contributed by atoms with Crippen LogP contribution in [0.2, 0.25) is 0 Å². The van der Waals surface area contributed by atoms with Gasteiger partial charge in [0.15, 0.2) is 5.62 Å². The van der Waals surface area contributed by atoms with Crippen molar-refractivity contribution in [3.63, 3.8) is 0 Å². The zero-order valence-corrected chi connectivity index (χ0v) is 10.6. The summed E-state index contributed by atoms with van der Waals surface area (Å²) in [5.74, 6) is 0.970. The van der Waals surface area contributed by atoms with Gasteiger partial charge in [-0.3, -0.25) is 4.79 Å². The van der Waals surface area contributed by atoms with Crippen molar-refractivity contribution in [2.75, 3.05) is 31.9 Å². The van der Waals surface area contributed by atoms with Crippen LogP contribution in [0, 0.1) is 0 Å². The molecule has 0 rings (SSSR count). The second-order valence-electron chi connectivity index (χ2n) is 3.80. The van der Waals surface area contributed by atoms with E-state index in [-0.39, 0.29) is 0 Å². The van der Waals surface area contributed by atoms with Crippen LogP contribution in [-0.2, 0) is 4.79 Å². The number of rotatable bonds is 9. The molecule has 0 bridgehead atoms. The van der Waals surface area contributed by atoms with Gasteiger partial charge in [0.25, 0.3) is 0 Å². The first-order valence-electron chi connectivity index (χ1n) is 5.65. The van der Waals surface area contributed by atoms with Crippen molar-refractivity contribution in [2.24, 2.45) is 0 Å². The quantitative estimate of drug-likeness (QED) is 0.336. The molecule has 0 heterocycles. The standard InChI is InChI=1S/C11H24NOS/c1-4-7-12(6-3,8-5-2)9-10-14-11-13/h11H,4-10H2,1-3H3/q+1. The molecule has 14 heavy (non-hydrogen) atoms. The molecule has 0 spiro atoms. The average molecular weight is 218 g/mol. The lowest BCUT2D eigenvalue weighted by Crippen LogP contribution is -2.50. The van der Waals surface area contributed by atoms with Gasteiger partial charge in [0.05, 0.1) is 31.9 Å². The number of carbonyl (C=O) groups is 1. The molecule has 0 amide bonds. The van der Waals surface area contributed by atoms with E-state index >= 15 is 0 Å². The fraction of sp³-hybridized carbons (Fsp3) is 0.909. The van der Waals surface area contributed by atoms with Crippen LogP contribution >= 0.6 is 11.8 Å². The molecule has 0 saturated heterocycles. The van der Waals surface area contributed by atoms with Crippen molar-refractivity contribution in [1.82, 2.24) is 0 Å². The highest BCUT2D eigenvalue weighted by Crippen LogP contribution is 2.11. The van der Waals surface area contributed by atoms with Gasteiger partial charge in [0.1, 0.15) is 0 Å². The Balaban J connectivity index is 4.09. The summed E-state index contributed by atoms with van der Waals surface area (Å²) in [7, 11) is 0. The van der Waals surface area contributed by atoms with Crippen molar-refractivity contribution in [1.29, 1.82) is 0 Å². The SMILES string of the molecule is CCC[N+](CC)(CCC)CCSC=O. The van der Waals surface area contributed by atoms with Crippen LogP contribution in [0.25, 0.3) is 0 Å². The van der Waals surface area contributed by atoms with Gasteiger partial charge in [0, 0.05) is 0 Å². The predicted octanol–water partition coefficient (Wildman–Crippen LogP) is 2.57. The van der Waals surface area contributed by atoms with Crippen molar-refractivity contribution in [3.05, 3.63) is 0 Å². The van der Waals surface area contributed by atoms with Gasteiger partial charge < -0.3 is 4.48 Å². The Morgan fingerprint density at radius 3 is 2.00 bits per heavy atom. The number of nitrogens with zero attached hydrogens (tertiary/aromatic N) is 1. The zero-order chi connectivity index (χ0) is 10.9. The molecular weight excluding hydrogens is 194 g/mol. The van der Waals surface area contributed by atoms with Crippen LogP contribution in [0.4, 0.5) is 0 Å². The predicted molar refractivity (Wildman–Crippen MR) is 65.2 cm³/mol. The Morgan fingerprint density at radius 2 is 1.64 bits per heavy atom. The van der Waals surface area contributed by atoms with Crippen molar-refractivity contribution < 1.29 is 9.28 Å². The molecule has 0 atom stereocenters. The van der Waals surface area contributed by atoms with E-state index in [9.17, 15) is 4.79 Å². The highest BCUT2D eigenvalue weighted by molar-refractivity contribution is 8.11. The van der Waals surface area contributed by atoms with Gasteiger partial charge in [-0.25, -0.2) is 0 Å². The smallest absolute Gasteiger partial charge is 0.176 e. The molecule has 0 aliphatic carbocycles. The van der Waals surface area contributed by atoms with E-state index in [4.69, 9.17) is 0 Å². The molecule has 0 aromatic carbocycles. The Kier molecular flexibility index (Phi) is 8.29. The Hall–Kier alpha value is -0.0200. The van der Waals surface area contributed by atoms with Crippen LogP contribution < -0.4 is 0 Å². The molecule has 0 aliphatic rings. The number of thioether (sulfide) groups is 1. The van der Waals surface area contributed by atoms with E-state index in [0.29, 0.717) is 0 Å². The fourth-order valence-corrected chi connectivity index (χ4v) is 2.64. The second-order valence-corrected chi connectivity index (χ2v) is 4.73. The Labute approximate surface area is 92.6 Å². The molecule has 0 aliphatic heterocycles. The minimum absolute atomic E-state index is 0.961. The monoisotopic (exact) mass is 218 g/mol. The topological polar surface area (TPSA) is 17.1 Å². The maximum atomic E-state index is 10.3. The van der Waals surface area contributed by atoms with E-state index in [0.717, 1.165) is 17.9 Å². The van der Waals surface area contributed by atoms with Gasteiger partial charge in [-0.2, -0.15) is 0 Å². The number of quaternary nitrogens is 1. The third-order valence-corrected chi connectivity index (χ3v) is 3.37. The summed E-state index contributed by atoms with van der Waals surface area (Å²) < 4.78 is 1.19. The van der Waals surface area contributed by atoms with Crippen LogP contribution in [-0.4, -0.2) is 42.0 Å². The molecule has 0 N–H and O–H groups in total. The average Bonchev–Trinajstić information content (AvgIpc) is 2.19. The summed E-state index contributed by atoms with van der Waals surface area (Å²) in [6.45, 7) is 11.6. The first-order chi connectivity index (χ1) is 6.74. The lowest BCUT2D eigenvalue weighted by Gasteiger charge is -2.37. The second kappa shape index (κ2) is 8.30. The first kappa shape index (κ1) is 14.0. The summed E-state index contributed by atoms with van der Waals surface area (Å²) in [4.78, 5) is 10.3. The molecule has 2 nitrogen and oxygen atoms in total. The summed E-state index contributed by atoms with van der Waals surface area (Å²) in [5, 5.41) is 0. The Bertz CT molecular complexity index is 144. The maximum Gasteiger partial charge on any atom is 0.176 e. The van der Waals surface area contributed by atoms with E-state index in [1.807, 2.05) is 0 Å². The molecule has 0 fully saturated rings. The molecule has 0 aromatic rings. The third kappa shape index (κ3) is 5.01. The number of carbonyl (C=O) groups excluding carboxylic acids is 1. The largest absolute Gasteiger partial charge is 0.323 e. The molecule has 0 unspecified atom stereocenters. The van der Waals surface area contributed by atoms with Crippen molar-refractivity contribution >= 4 is 17.4 Å². The molecule has 84 valence electrons.